The van der Waals surface area contributed by atoms with Gasteiger partial charge in [-0.1, -0.05) is 19.2 Å². The summed E-state index contributed by atoms with van der Waals surface area (Å²) < 4.78 is 10.6. The molecular formula is C19H22O7. The number of rotatable bonds is 4. The van der Waals surface area contributed by atoms with Crippen molar-refractivity contribution in [1.82, 2.24) is 0 Å². The highest BCUT2D eigenvalue weighted by Crippen LogP contribution is 2.36. The summed E-state index contributed by atoms with van der Waals surface area (Å²) in [7, 11) is 0. The van der Waals surface area contributed by atoms with Gasteiger partial charge < -0.3 is 19.7 Å². The first kappa shape index (κ1) is 19.8. The lowest BCUT2D eigenvalue weighted by molar-refractivity contribution is -0.153. The van der Waals surface area contributed by atoms with Crippen molar-refractivity contribution in [1.29, 1.82) is 0 Å². The molecule has 0 aromatic rings. The second kappa shape index (κ2) is 8.25. The first-order valence-corrected chi connectivity index (χ1v) is 8.20. The topological polar surface area (TPSA) is 110 Å². The maximum absolute atomic E-state index is 12.0. The van der Waals surface area contributed by atoms with Crippen LogP contribution in [0.3, 0.4) is 0 Å². The van der Waals surface area contributed by atoms with Gasteiger partial charge in [-0.3, -0.25) is 4.79 Å². The van der Waals surface area contributed by atoms with Gasteiger partial charge in [0.15, 0.2) is 0 Å². The van der Waals surface area contributed by atoms with E-state index in [2.05, 4.69) is 13.2 Å². The fourth-order valence-corrected chi connectivity index (χ4v) is 2.99. The average Bonchev–Trinajstić information content (AvgIpc) is 2.88. The number of carbonyl (C=O) groups is 3. The molecule has 140 valence electrons. The highest BCUT2D eigenvalue weighted by molar-refractivity contribution is 5.92. The standard InChI is InChI=1S/C19H22O7/c1-10(2)18(23)26-17-15-11(3)19(24)25-14(15)7-12(8-20)5-4-6-13(9-21)16(17)22/h6-7,9,14-17,20,22H,1,3-5,8H2,2H3/b12-7?,13-6-/t14-,15+,16+,17+/m1/s1. The number of carbonyl (C=O) groups excluding carboxylic acids is 3. The summed E-state index contributed by atoms with van der Waals surface area (Å²) in [4.78, 5) is 35.5. The Balaban J connectivity index is 2.54. The Kier molecular flexibility index (Phi) is 6.28. The van der Waals surface area contributed by atoms with Crippen LogP contribution in [0.25, 0.3) is 0 Å². The van der Waals surface area contributed by atoms with Gasteiger partial charge in [0.05, 0.1) is 12.5 Å². The highest BCUT2D eigenvalue weighted by Gasteiger charge is 2.48. The van der Waals surface area contributed by atoms with Gasteiger partial charge in [-0.25, -0.2) is 9.59 Å². The number of ether oxygens (including phenoxy) is 2. The van der Waals surface area contributed by atoms with E-state index in [0.29, 0.717) is 24.7 Å². The molecule has 0 radical (unpaired) electrons. The van der Waals surface area contributed by atoms with E-state index in [-0.39, 0.29) is 23.3 Å². The minimum Gasteiger partial charge on any atom is -0.455 e. The predicted octanol–water partition coefficient (Wildman–Crippen LogP) is 0.771. The van der Waals surface area contributed by atoms with Crippen LogP contribution in [0, 0.1) is 5.92 Å². The van der Waals surface area contributed by atoms with E-state index in [0.717, 1.165) is 0 Å². The molecule has 0 unspecified atom stereocenters. The van der Waals surface area contributed by atoms with Crippen LogP contribution in [0.5, 0.6) is 0 Å². The van der Waals surface area contributed by atoms with Crippen LogP contribution >= 0.6 is 0 Å². The van der Waals surface area contributed by atoms with E-state index in [1.54, 1.807) is 6.08 Å². The van der Waals surface area contributed by atoms with E-state index < -0.39 is 36.2 Å². The lowest BCUT2D eigenvalue weighted by atomic mass is 9.83. The summed E-state index contributed by atoms with van der Waals surface area (Å²) in [5.41, 5.74) is 0.748. The minimum absolute atomic E-state index is 0.0212. The number of allylic oxidation sites excluding steroid dienone is 1. The van der Waals surface area contributed by atoms with Gasteiger partial charge in [0.25, 0.3) is 0 Å². The molecule has 0 amide bonds. The van der Waals surface area contributed by atoms with E-state index >= 15 is 0 Å². The van der Waals surface area contributed by atoms with Crippen LogP contribution in [0.2, 0.25) is 0 Å². The third-order valence-electron chi connectivity index (χ3n) is 4.44. The van der Waals surface area contributed by atoms with Crippen molar-refractivity contribution < 1.29 is 34.1 Å². The van der Waals surface area contributed by atoms with Crippen molar-refractivity contribution in [2.45, 2.75) is 38.1 Å². The smallest absolute Gasteiger partial charge is 0.334 e. The molecule has 1 fully saturated rings. The first-order chi connectivity index (χ1) is 12.3. The van der Waals surface area contributed by atoms with Crippen LogP contribution in [0.4, 0.5) is 0 Å². The Hall–Kier alpha value is -2.51. The summed E-state index contributed by atoms with van der Waals surface area (Å²) in [5.74, 6) is -2.36. The van der Waals surface area contributed by atoms with Gasteiger partial charge in [0.2, 0.25) is 0 Å². The average molecular weight is 362 g/mol. The molecule has 1 aliphatic carbocycles. The number of aliphatic hydroxyl groups is 2. The monoisotopic (exact) mass is 362 g/mol. The number of fused-ring (bicyclic) bond motifs is 1. The van der Waals surface area contributed by atoms with Crippen molar-refractivity contribution in [2.75, 3.05) is 6.61 Å². The van der Waals surface area contributed by atoms with Crippen molar-refractivity contribution in [3.63, 3.8) is 0 Å². The molecule has 0 saturated carbocycles. The molecule has 4 atom stereocenters. The maximum atomic E-state index is 12.0. The molecular weight excluding hydrogens is 340 g/mol. The molecule has 26 heavy (non-hydrogen) atoms. The molecule has 1 heterocycles. The van der Waals surface area contributed by atoms with E-state index in [4.69, 9.17) is 9.47 Å². The quantitative estimate of drug-likeness (QED) is 0.329. The molecule has 1 saturated heterocycles. The van der Waals surface area contributed by atoms with Crippen LogP contribution < -0.4 is 0 Å². The van der Waals surface area contributed by atoms with Gasteiger partial charge in [0, 0.05) is 16.7 Å². The summed E-state index contributed by atoms with van der Waals surface area (Å²) in [5, 5.41) is 20.2. The SMILES string of the molecule is C=C(C)C(=O)O[C@H]1[C@H]2C(=C)C(=O)O[C@@H]2C=C(CO)CC/C=C(/C=O)[C@@H]1O. The van der Waals surface area contributed by atoms with E-state index in [1.165, 1.54) is 13.0 Å². The Bertz CT molecular complexity index is 701. The zero-order chi connectivity index (χ0) is 19.4. The second-order valence-electron chi connectivity index (χ2n) is 6.36. The van der Waals surface area contributed by atoms with Crippen molar-refractivity contribution in [3.05, 3.63) is 47.6 Å². The summed E-state index contributed by atoms with van der Waals surface area (Å²) in [6.45, 7) is 8.37. The summed E-state index contributed by atoms with van der Waals surface area (Å²) >= 11 is 0. The molecule has 7 nitrogen and oxygen atoms in total. The molecule has 0 aromatic carbocycles. The largest absolute Gasteiger partial charge is 0.455 e. The van der Waals surface area contributed by atoms with Gasteiger partial charge in [-0.2, -0.15) is 0 Å². The van der Waals surface area contributed by atoms with Gasteiger partial charge >= 0.3 is 11.9 Å². The fraction of sp³-hybridized carbons (Fsp3) is 0.421. The highest BCUT2D eigenvalue weighted by atomic mass is 16.6. The third-order valence-corrected chi connectivity index (χ3v) is 4.44. The number of hydrogen-bond donors (Lipinski definition) is 2. The summed E-state index contributed by atoms with van der Waals surface area (Å²) in [6, 6.07) is 0. The van der Waals surface area contributed by atoms with Crippen LogP contribution in [0.1, 0.15) is 19.8 Å². The van der Waals surface area contributed by atoms with Crippen molar-refractivity contribution in [2.24, 2.45) is 5.92 Å². The van der Waals surface area contributed by atoms with Crippen LogP contribution in [0.15, 0.2) is 47.6 Å². The zero-order valence-electron chi connectivity index (χ0n) is 14.5. The number of aliphatic hydroxyl groups excluding tert-OH is 2. The Morgan fingerprint density at radius 2 is 2.19 bits per heavy atom. The molecule has 2 rings (SSSR count). The number of hydrogen-bond acceptors (Lipinski definition) is 7. The van der Waals surface area contributed by atoms with Gasteiger partial charge in [0.1, 0.15) is 24.6 Å². The third kappa shape index (κ3) is 4.00. The molecule has 2 aliphatic rings. The minimum atomic E-state index is -1.46. The van der Waals surface area contributed by atoms with Crippen LogP contribution in [-0.2, 0) is 23.9 Å². The molecule has 2 N–H and O–H groups in total. The Morgan fingerprint density at radius 1 is 1.50 bits per heavy atom. The molecule has 0 bridgehead atoms. The molecule has 0 spiro atoms. The van der Waals surface area contributed by atoms with Crippen molar-refractivity contribution >= 4 is 18.2 Å². The molecule has 7 heteroatoms. The summed E-state index contributed by atoms with van der Waals surface area (Å²) in [6.07, 6.45) is 0.770. The van der Waals surface area contributed by atoms with Gasteiger partial charge in [-0.05, 0) is 31.4 Å². The van der Waals surface area contributed by atoms with E-state index in [9.17, 15) is 24.6 Å². The lowest BCUT2D eigenvalue weighted by Gasteiger charge is -2.30. The number of aldehydes is 1. The molecule has 1 aliphatic heterocycles. The number of esters is 2. The van der Waals surface area contributed by atoms with E-state index in [1.807, 2.05) is 0 Å². The van der Waals surface area contributed by atoms with Crippen LogP contribution in [-0.4, -0.2) is 53.4 Å². The predicted molar refractivity (Wildman–Crippen MR) is 91.8 cm³/mol. The normalized spacial score (nSPS) is 31.0. The second-order valence-corrected chi connectivity index (χ2v) is 6.36. The Labute approximate surface area is 151 Å². The maximum Gasteiger partial charge on any atom is 0.334 e. The first-order valence-electron chi connectivity index (χ1n) is 8.20. The Morgan fingerprint density at radius 3 is 2.77 bits per heavy atom. The van der Waals surface area contributed by atoms with Crippen molar-refractivity contribution in [3.8, 4) is 0 Å². The zero-order valence-corrected chi connectivity index (χ0v) is 14.5. The lowest BCUT2D eigenvalue weighted by Crippen LogP contribution is -2.43. The molecule has 0 aromatic heterocycles. The van der Waals surface area contributed by atoms with Gasteiger partial charge in [-0.15, -0.1) is 0 Å². The fourth-order valence-electron chi connectivity index (χ4n) is 2.99.